The molecule has 5 nitrogen and oxygen atoms in total. The minimum atomic E-state index is -0.166. The van der Waals surface area contributed by atoms with Crippen LogP contribution in [0.5, 0.6) is 5.75 Å². The van der Waals surface area contributed by atoms with Crippen LogP contribution < -0.4 is 10.1 Å². The van der Waals surface area contributed by atoms with E-state index in [9.17, 15) is 4.79 Å². The number of esters is 1. The summed E-state index contributed by atoms with van der Waals surface area (Å²) in [6.07, 6.45) is 0.897. The molecule has 0 saturated heterocycles. The summed E-state index contributed by atoms with van der Waals surface area (Å²) >= 11 is 0. The first-order valence-electron chi connectivity index (χ1n) is 13.3. The quantitative estimate of drug-likeness (QED) is 0.224. The molecule has 4 aromatic rings. The normalized spacial score (nSPS) is 12.9. The Morgan fingerprint density at radius 3 is 2.47 bits per heavy atom. The molecule has 1 unspecified atom stereocenters. The number of rotatable bonds is 10. The number of ether oxygens (including phenoxy) is 2. The summed E-state index contributed by atoms with van der Waals surface area (Å²) in [5.41, 5.74) is 6.44. The van der Waals surface area contributed by atoms with Gasteiger partial charge in [0.25, 0.3) is 0 Å². The molecule has 0 spiro atoms. The highest BCUT2D eigenvalue weighted by Gasteiger charge is 2.17. The first-order valence-corrected chi connectivity index (χ1v) is 13.3. The molecular formula is C33H38N2O3. The molecule has 0 aliphatic carbocycles. The predicted octanol–water partition coefficient (Wildman–Crippen LogP) is 7.51. The number of fused-ring (bicyclic) bond motifs is 1. The zero-order chi connectivity index (χ0) is 27.2. The fourth-order valence-electron chi connectivity index (χ4n) is 4.78. The Morgan fingerprint density at radius 2 is 1.71 bits per heavy atom. The molecule has 2 atom stereocenters. The highest BCUT2D eigenvalue weighted by molar-refractivity contribution is 5.95. The van der Waals surface area contributed by atoms with Crippen molar-refractivity contribution in [3.63, 3.8) is 0 Å². The predicted molar refractivity (Wildman–Crippen MR) is 154 cm³/mol. The van der Waals surface area contributed by atoms with Crippen molar-refractivity contribution in [2.24, 2.45) is 0 Å². The number of nitrogens with one attached hydrogen (secondary N) is 1. The van der Waals surface area contributed by atoms with Crippen molar-refractivity contribution in [1.82, 2.24) is 10.3 Å². The molecule has 0 amide bonds. The number of benzene rings is 3. The van der Waals surface area contributed by atoms with Gasteiger partial charge < -0.3 is 14.8 Å². The topological polar surface area (TPSA) is 60.5 Å². The fourth-order valence-corrected chi connectivity index (χ4v) is 4.78. The van der Waals surface area contributed by atoms with E-state index in [1.54, 1.807) is 7.11 Å². The standard InChI is InChI=1S/C33H38N2O3/c1-21(2)38-32(36)17-16-25-18-28(15-14-22(25)3)33-30-13-8-7-10-27(30)20-31(35-33)24(5)34-23(4)26-11-9-12-29(19-26)37-6/h7-15,18-21,23-24,34H,16-17H2,1-6H3/t23-,24?/m1/s1. The maximum Gasteiger partial charge on any atom is 0.306 e. The van der Waals surface area contributed by atoms with Crippen molar-refractivity contribution in [2.75, 3.05) is 7.11 Å². The maximum atomic E-state index is 12.2. The molecule has 0 fully saturated rings. The summed E-state index contributed by atoms with van der Waals surface area (Å²) in [7, 11) is 1.69. The number of aryl methyl sites for hydroxylation is 2. The van der Waals surface area contributed by atoms with Crippen molar-refractivity contribution in [1.29, 1.82) is 0 Å². The van der Waals surface area contributed by atoms with Crippen LogP contribution in [0, 0.1) is 6.92 Å². The van der Waals surface area contributed by atoms with Gasteiger partial charge in [-0.05, 0) is 87.4 Å². The summed E-state index contributed by atoms with van der Waals surface area (Å²) in [6, 6.07) is 25.3. The molecule has 1 aromatic heterocycles. The minimum absolute atomic E-state index is 0.0234. The Kier molecular flexibility index (Phi) is 8.80. The van der Waals surface area contributed by atoms with Gasteiger partial charge in [-0.3, -0.25) is 9.78 Å². The van der Waals surface area contributed by atoms with Crippen molar-refractivity contribution < 1.29 is 14.3 Å². The number of methoxy groups -OCH3 is 1. The lowest BCUT2D eigenvalue weighted by atomic mass is 9.96. The summed E-state index contributed by atoms with van der Waals surface area (Å²) in [5, 5.41) is 5.97. The van der Waals surface area contributed by atoms with E-state index in [0.29, 0.717) is 12.8 Å². The highest BCUT2D eigenvalue weighted by Crippen LogP contribution is 2.32. The van der Waals surface area contributed by atoms with Crippen LogP contribution in [-0.4, -0.2) is 24.2 Å². The maximum absolute atomic E-state index is 12.2. The second-order valence-electron chi connectivity index (χ2n) is 10.2. The molecule has 0 aliphatic rings. The van der Waals surface area contributed by atoms with Gasteiger partial charge in [-0.2, -0.15) is 0 Å². The molecule has 3 aromatic carbocycles. The van der Waals surface area contributed by atoms with E-state index in [2.05, 4.69) is 86.8 Å². The zero-order valence-corrected chi connectivity index (χ0v) is 23.2. The fraction of sp³-hybridized carbons (Fsp3) is 0.333. The first-order chi connectivity index (χ1) is 18.2. The largest absolute Gasteiger partial charge is 0.497 e. The Morgan fingerprint density at radius 1 is 0.921 bits per heavy atom. The van der Waals surface area contributed by atoms with E-state index in [1.807, 2.05) is 26.0 Å². The number of nitrogens with zero attached hydrogens (tertiary/aromatic N) is 1. The van der Waals surface area contributed by atoms with E-state index in [-0.39, 0.29) is 24.2 Å². The Labute approximate surface area is 226 Å². The molecule has 198 valence electrons. The second kappa shape index (κ2) is 12.2. The van der Waals surface area contributed by atoms with E-state index >= 15 is 0 Å². The number of pyridine rings is 1. The van der Waals surface area contributed by atoms with Crippen LogP contribution in [0.3, 0.4) is 0 Å². The SMILES string of the molecule is COc1cccc([C@@H](C)NC(C)c2cc3ccccc3c(-c3ccc(C)c(CCC(=O)OC(C)C)c3)n2)c1. The van der Waals surface area contributed by atoms with Crippen LogP contribution in [0.2, 0.25) is 0 Å². The minimum Gasteiger partial charge on any atom is -0.497 e. The Hall–Kier alpha value is -3.70. The van der Waals surface area contributed by atoms with Crippen LogP contribution in [0.25, 0.3) is 22.0 Å². The lowest BCUT2D eigenvalue weighted by Crippen LogP contribution is -2.23. The number of aromatic nitrogens is 1. The smallest absolute Gasteiger partial charge is 0.306 e. The second-order valence-corrected chi connectivity index (χ2v) is 10.2. The van der Waals surface area contributed by atoms with Crippen LogP contribution in [0.1, 0.15) is 68.6 Å². The van der Waals surface area contributed by atoms with Crippen molar-refractivity contribution in [2.45, 2.75) is 65.6 Å². The third-order valence-corrected chi connectivity index (χ3v) is 6.89. The van der Waals surface area contributed by atoms with Gasteiger partial charge in [-0.25, -0.2) is 0 Å². The van der Waals surface area contributed by atoms with Crippen LogP contribution in [0.4, 0.5) is 0 Å². The van der Waals surface area contributed by atoms with E-state index in [0.717, 1.165) is 50.2 Å². The van der Waals surface area contributed by atoms with E-state index in [1.165, 1.54) is 0 Å². The summed E-state index contributed by atoms with van der Waals surface area (Å²) in [6.45, 7) is 10.1. The van der Waals surface area contributed by atoms with Crippen molar-refractivity contribution in [3.05, 3.63) is 95.2 Å². The van der Waals surface area contributed by atoms with Gasteiger partial charge >= 0.3 is 5.97 Å². The van der Waals surface area contributed by atoms with E-state index in [4.69, 9.17) is 14.5 Å². The van der Waals surface area contributed by atoms with Gasteiger partial charge in [0, 0.05) is 29.5 Å². The van der Waals surface area contributed by atoms with Gasteiger partial charge in [-0.15, -0.1) is 0 Å². The molecule has 0 aliphatic heterocycles. The highest BCUT2D eigenvalue weighted by atomic mass is 16.5. The lowest BCUT2D eigenvalue weighted by Gasteiger charge is -2.22. The summed E-state index contributed by atoms with van der Waals surface area (Å²) in [4.78, 5) is 17.3. The number of hydrogen-bond donors (Lipinski definition) is 1. The van der Waals surface area contributed by atoms with Crippen LogP contribution in [0.15, 0.2) is 72.8 Å². The monoisotopic (exact) mass is 510 g/mol. The third kappa shape index (κ3) is 6.59. The van der Waals surface area contributed by atoms with Gasteiger partial charge in [0.1, 0.15) is 5.75 Å². The zero-order valence-electron chi connectivity index (χ0n) is 23.2. The average molecular weight is 511 g/mol. The van der Waals surface area contributed by atoms with Gasteiger partial charge in [0.2, 0.25) is 0 Å². The Bertz CT molecular complexity index is 1410. The molecule has 0 bridgehead atoms. The van der Waals surface area contributed by atoms with Crippen LogP contribution in [-0.2, 0) is 16.0 Å². The van der Waals surface area contributed by atoms with Crippen molar-refractivity contribution in [3.8, 4) is 17.0 Å². The number of carbonyl (C=O) groups excluding carboxylic acids is 1. The molecule has 4 rings (SSSR count). The molecular weight excluding hydrogens is 472 g/mol. The van der Waals surface area contributed by atoms with Crippen molar-refractivity contribution >= 4 is 16.7 Å². The molecule has 0 radical (unpaired) electrons. The third-order valence-electron chi connectivity index (χ3n) is 6.89. The van der Waals surface area contributed by atoms with Crippen LogP contribution >= 0.6 is 0 Å². The van der Waals surface area contributed by atoms with E-state index < -0.39 is 0 Å². The number of hydrogen-bond acceptors (Lipinski definition) is 5. The molecule has 1 heterocycles. The lowest BCUT2D eigenvalue weighted by molar-refractivity contribution is -0.147. The number of carbonyl (C=O) groups is 1. The Balaban J connectivity index is 1.64. The molecule has 1 N–H and O–H groups in total. The summed E-state index contributed by atoms with van der Waals surface area (Å²) < 4.78 is 10.7. The van der Waals surface area contributed by atoms with Gasteiger partial charge in [-0.1, -0.05) is 48.5 Å². The molecule has 5 heteroatoms. The van der Waals surface area contributed by atoms with Gasteiger partial charge in [0.15, 0.2) is 0 Å². The molecule has 0 saturated carbocycles. The average Bonchev–Trinajstić information content (AvgIpc) is 2.91. The molecule has 38 heavy (non-hydrogen) atoms. The first kappa shape index (κ1) is 27.3. The summed E-state index contributed by atoms with van der Waals surface area (Å²) in [5.74, 6) is 0.683. The van der Waals surface area contributed by atoms with Gasteiger partial charge in [0.05, 0.1) is 24.6 Å².